The minimum Gasteiger partial charge on any atom is -0.390 e. The third kappa shape index (κ3) is 2.91. The SMILES string of the molecule is CCN1CCC(O)(CC2CCCc3ccccc32)CC1. The van der Waals surface area contributed by atoms with Crippen LogP contribution in [0.1, 0.15) is 56.1 Å². The molecule has 1 unspecified atom stereocenters. The van der Waals surface area contributed by atoms with E-state index in [-0.39, 0.29) is 0 Å². The number of rotatable bonds is 3. The number of likely N-dealkylation sites (tertiary alicyclic amines) is 1. The summed E-state index contributed by atoms with van der Waals surface area (Å²) in [4.78, 5) is 2.45. The molecule has 1 aromatic rings. The van der Waals surface area contributed by atoms with Crippen LogP contribution in [0.15, 0.2) is 24.3 Å². The largest absolute Gasteiger partial charge is 0.390 e. The van der Waals surface area contributed by atoms with E-state index in [2.05, 4.69) is 36.1 Å². The van der Waals surface area contributed by atoms with E-state index in [0.29, 0.717) is 5.92 Å². The summed E-state index contributed by atoms with van der Waals surface area (Å²) >= 11 is 0. The van der Waals surface area contributed by atoms with Crippen molar-refractivity contribution < 1.29 is 5.11 Å². The van der Waals surface area contributed by atoms with Crippen molar-refractivity contribution in [1.29, 1.82) is 0 Å². The van der Waals surface area contributed by atoms with Gasteiger partial charge in [-0.25, -0.2) is 0 Å². The minimum absolute atomic E-state index is 0.430. The van der Waals surface area contributed by atoms with E-state index < -0.39 is 5.60 Å². The standard InChI is InChI=1S/C18H27NO/c1-2-19-12-10-18(20,11-13-19)14-16-8-5-7-15-6-3-4-9-17(15)16/h3-4,6,9,16,20H,2,5,7-8,10-14H2,1H3. The topological polar surface area (TPSA) is 23.5 Å². The van der Waals surface area contributed by atoms with Gasteiger partial charge in [0.05, 0.1) is 5.60 Å². The zero-order chi connectivity index (χ0) is 14.0. The Morgan fingerprint density at radius 1 is 1.25 bits per heavy atom. The van der Waals surface area contributed by atoms with Crippen molar-refractivity contribution in [3.8, 4) is 0 Å². The number of piperidine rings is 1. The molecule has 110 valence electrons. The maximum Gasteiger partial charge on any atom is 0.0678 e. The lowest BCUT2D eigenvalue weighted by molar-refractivity contribution is -0.0325. The molecular formula is C18H27NO. The lowest BCUT2D eigenvalue weighted by atomic mass is 9.74. The Morgan fingerprint density at radius 3 is 2.75 bits per heavy atom. The van der Waals surface area contributed by atoms with E-state index in [1.165, 1.54) is 30.4 Å². The van der Waals surface area contributed by atoms with Crippen LogP contribution in [-0.4, -0.2) is 35.2 Å². The average Bonchev–Trinajstić information content (AvgIpc) is 2.48. The van der Waals surface area contributed by atoms with Gasteiger partial charge in [-0.1, -0.05) is 31.2 Å². The highest BCUT2D eigenvalue weighted by Crippen LogP contribution is 2.40. The molecule has 1 N–H and O–H groups in total. The van der Waals surface area contributed by atoms with E-state index in [1.54, 1.807) is 0 Å². The smallest absolute Gasteiger partial charge is 0.0678 e. The fourth-order valence-corrected chi connectivity index (χ4v) is 4.01. The van der Waals surface area contributed by atoms with Crippen LogP contribution in [-0.2, 0) is 6.42 Å². The third-order valence-electron chi connectivity index (χ3n) is 5.35. The molecule has 1 aliphatic heterocycles. The molecule has 0 radical (unpaired) electrons. The van der Waals surface area contributed by atoms with Crippen LogP contribution in [0.3, 0.4) is 0 Å². The molecule has 2 aliphatic rings. The molecule has 0 saturated carbocycles. The number of aliphatic hydroxyl groups is 1. The summed E-state index contributed by atoms with van der Waals surface area (Å²) in [6.45, 7) is 5.44. The van der Waals surface area contributed by atoms with Crippen molar-refractivity contribution in [3.63, 3.8) is 0 Å². The van der Waals surface area contributed by atoms with Crippen LogP contribution < -0.4 is 0 Å². The molecule has 1 aliphatic carbocycles. The molecule has 2 nitrogen and oxygen atoms in total. The van der Waals surface area contributed by atoms with Crippen molar-refractivity contribution in [2.75, 3.05) is 19.6 Å². The normalized spacial score (nSPS) is 26.2. The van der Waals surface area contributed by atoms with Crippen LogP contribution in [0, 0.1) is 0 Å². The lowest BCUT2D eigenvalue weighted by Crippen LogP contribution is -2.45. The maximum atomic E-state index is 10.9. The first-order valence-electron chi connectivity index (χ1n) is 8.23. The monoisotopic (exact) mass is 273 g/mol. The molecule has 0 amide bonds. The average molecular weight is 273 g/mol. The fourth-order valence-electron chi connectivity index (χ4n) is 4.01. The summed E-state index contributed by atoms with van der Waals surface area (Å²) < 4.78 is 0. The minimum atomic E-state index is -0.430. The van der Waals surface area contributed by atoms with Gasteiger partial charge in [-0.15, -0.1) is 0 Å². The summed E-state index contributed by atoms with van der Waals surface area (Å²) in [6, 6.07) is 8.85. The number of nitrogens with zero attached hydrogens (tertiary/aromatic N) is 1. The van der Waals surface area contributed by atoms with Crippen molar-refractivity contribution in [3.05, 3.63) is 35.4 Å². The maximum absolute atomic E-state index is 10.9. The second-order valence-electron chi connectivity index (χ2n) is 6.65. The third-order valence-corrected chi connectivity index (χ3v) is 5.35. The van der Waals surface area contributed by atoms with E-state index in [0.717, 1.165) is 38.9 Å². The van der Waals surface area contributed by atoms with Crippen LogP contribution in [0.25, 0.3) is 0 Å². The second-order valence-corrected chi connectivity index (χ2v) is 6.65. The molecule has 0 aromatic heterocycles. The quantitative estimate of drug-likeness (QED) is 0.913. The molecule has 3 rings (SSSR count). The van der Waals surface area contributed by atoms with Crippen molar-refractivity contribution in [2.45, 2.75) is 57.0 Å². The van der Waals surface area contributed by atoms with Gasteiger partial charge < -0.3 is 10.0 Å². The van der Waals surface area contributed by atoms with Gasteiger partial charge in [-0.05, 0) is 62.1 Å². The molecule has 1 aromatic carbocycles. The molecule has 1 atom stereocenters. The zero-order valence-corrected chi connectivity index (χ0v) is 12.6. The molecule has 0 spiro atoms. The summed E-state index contributed by atoms with van der Waals surface area (Å²) in [5.74, 6) is 0.568. The summed E-state index contributed by atoms with van der Waals surface area (Å²) in [6.07, 6.45) is 6.59. The van der Waals surface area contributed by atoms with Gasteiger partial charge in [-0.2, -0.15) is 0 Å². The molecule has 1 fully saturated rings. The van der Waals surface area contributed by atoms with Gasteiger partial charge >= 0.3 is 0 Å². The van der Waals surface area contributed by atoms with Crippen molar-refractivity contribution in [2.24, 2.45) is 0 Å². The van der Waals surface area contributed by atoms with Gasteiger partial charge in [0.1, 0.15) is 0 Å². The van der Waals surface area contributed by atoms with E-state index in [1.807, 2.05) is 0 Å². The Balaban J connectivity index is 1.69. The van der Waals surface area contributed by atoms with E-state index in [9.17, 15) is 5.11 Å². The highest BCUT2D eigenvalue weighted by atomic mass is 16.3. The van der Waals surface area contributed by atoms with Crippen LogP contribution >= 0.6 is 0 Å². The number of hydrogen-bond donors (Lipinski definition) is 1. The van der Waals surface area contributed by atoms with Gasteiger partial charge in [-0.3, -0.25) is 0 Å². The molecule has 1 saturated heterocycles. The van der Waals surface area contributed by atoms with Crippen molar-refractivity contribution >= 4 is 0 Å². The number of aryl methyl sites for hydroxylation is 1. The van der Waals surface area contributed by atoms with E-state index >= 15 is 0 Å². The Hall–Kier alpha value is -0.860. The summed E-state index contributed by atoms with van der Waals surface area (Å²) in [5, 5.41) is 10.9. The Labute approximate surface area is 122 Å². The highest BCUT2D eigenvalue weighted by Gasteiger charge is 2.35. The Bertz CT molecular complexity index is 448. The number of fused-ring (bicyclic) bond motifs is 1. The first-order chi connectivity index (χ1) is 9.70. The predicted molar refractivity (Wildman–Crippen MR) is 83.0 cm³/mol. The van der Waals surface area contributed by atoms with E-state index in [4.69, 9.17) is 0 Å². The molecule has 2 heteroatoms. The zero-order valence-electron chi connectivity index (χ0n) is 12.6. The fraction of sp³-hybridized carbons (Fsp3) is 0.667. The first-order valence-corrected chi connectivity index (χ1v) is 8.23. The molecule has 20 heavy (non-hydrogen) atoms. The Kier molecular flexibility index (Phi) is 4.13. The summed E-state index contributed by atoms with van der Waals surface area (Å²) in [7, 11) is 0. The first kappa shape index (κ1) is 14.1. The summed E-state index contributed by atoms with van der Waals surface area (Å²) in [5.41, 5.74) is 2.59. The number of benzene rings is 1. The highest BCUT2D eigenvalue weighted by molar-refractivity contribution is 5.32. The number of hydrogen-bond acceptors (Lipinski definition) is 2. The lowest BCUT2D eigenvalue weighted by Gasteiger charge is -2.40. The molecule has 0 bridgehead atoms. The van der Waals surface area contributed by atoms with Crippen molar-refractivity contribution in [1.82, 2.24) is 4.90 Å². The van der Waals surface area contributed by atoms with Gasteiger partial charge in [0.15, 0.2) is 0 Å². The molecular weight excluding hydrogens is 246 g/mol. The molecule has 1 heterocycles. The van der Waals surface area contributed by atoms with Crippen LogP contribution in [0.5, 0.6) is 0 Å². The van der Waals surface area contributed by atoms with Crippen LogP contribution in [0.2, 0.25) is 0 Å². The predicted octanol–water partition coefficient (Wildman–Crippen LogP) is 3.34. The van der Waals surface area contributed by atoms with Gasteiger partial charge in [0.25, 0.3) is 0 Å². The van der Waals surface area contributed by atoms with Gasteiger partial charge in [0, 0.05) is 13.1 Å². The van der Waals surface area contributed by atoms with Crippen LogP contribution in [0.4, 0.5) is 0 Å². The van der Waals surface area contributed by atoms with Gasteiger partial charge in [0.2, 0.25) is 0 Å². The Morgan fingerprint density at radius 2 is 2.00 bits per heavy atom. The second kappa shape index (κ2) is 5.87.